The molecule has 0 bridgehead atoms. The van der Waals surface area contributed by atoms with Crippen LogP contribution in [0.4, 0.5) is 5.69 Å². The van der Waals surface area contributed by atoms with E-state index in [2.05, 4.69) is 4.85 Å². The molecular weight excluding hydrogens is 182 g/mol. The number of nitrogens with zero attached hydrogens (tertiary/aromatic N) is 1. The maximum atomic E-state index is 10.9. The highest BCUT2D eigenvalue weighted by Crippen LogP contribution is 2.24. The van der Waals surface area contributed by atoms with Gasteiger partial charge in [-0.3, -0.25) is 0 Å². The van der Waals surface area contributed by atoms with Crippen molar-refractivity contribution >= 4 is 26.9 Å². The first-order valence-corrected chi connectivity index (χ1v) is 5.06. The first kappa shape index (κ1) is 8.20. The van der Waals surface area contributed by atoms with E-state index in [-0.39, 0.29) is 4.21 Å². The smallest absolute Gasteiger partial charge is 0.199 e. The zero-order chi connectivity index (χ0) is 8.48. The van der Waals surface area contributed by atoms with Gasteiger partial charge in [-0.05, 0) is 11.4 Å². The Hall–Kier alpha value is -0.900. The Bertz CT molecular complexity index is 398. The van der Waals surface area contributed by atoms with Crippen LogP contribution in [0.1, 0.15) is 0 Å². The largest absolute Gasteiger partial charge is 0.241 e. The van der Waals surface area contributed by atoms with Gasteiger partial charge in [-0.1, -0.05) is 0 Å². The van der Waals surface area contributed by atoms with Crippen molar-refractivity contribution in [3.63, 3.8) is 0 Å². The van der Waals surface area contributed by atoms with E-state index in [9.17, 15) is 4.21 Å². The van der Waals surface area contributed by atoms with Gasteiger partial charge in [-0.25, -0.2) is 19.0 Å². The molecule has 0 aliphatic heterocycles. The second kappa shape index (κ2) is 2.62. The SMILES string of the molecule is [C-]#[N+]c1csc(S(=N)(N)=O)c1. The minimum Gasteiger partial charge on any atom is -0.241 e. The summed E-state index contributed by atoms with van der Waals surface area (Å²) in [7, 11) is -3.12. The van der Waals surface area contributed by atoms with E-state index in [0.29, 0.717) is 5.69 Å². The fourth-order valence-electron chi connectivity index (χ4n) is 0.525. The second-order valence-corrected chi connectivity index (χ2v) is 4.65. The first-order chi connectivity index (χ1) is 5.04. The van der Waals surface area contributed by atoms with Gasteiger partial charge < -0.3 is 0 Å². The van der Waals surface area contributed by atoms with Crippen molar-refractivity contribution in [3.05, 3.63) is 22.9 Å². The van der Waals surface area contributed by atoms with Crippen LogP contribution in [0.5, 0.6) is 0 Å². The molecule has 0 amide bonds. The van der Waals surface area contributed by atoms with Gasteiger partial charge in [0.05, 0.1) is 6.57 Å². The molecule has 1 aromatic rings. The fourth-order valence-corrected chi connectivity index (χ4v) is 2.08. The third kappa shape index (κ3) is 1.77. The maximum absolute atomic E-state index is 10.9. The highest BCUT2D eigenvalue weighted by atomic mass is 32.2. The van der Waals surface area contributed by atoms with Crippen LogP contribution in [0.15, 0.2) is 15.7 Å². The monoisotopic (exact) mass is 187 g/mol. The lowest BCUT2D eigenvalue weighted by Crippen LogP contribution is -2.07. The average molecular weight is 187 g/mol. The Labute approximate surface area is 68.6 Å². The topological polar surface area (TPSA) is 71.3 Å². The van der Waals surface area contributed by atoms with E-state index in [1.807, 2.05) is 0 Å². The van der Waals surface area contributed by atoms with E-state index in [0.717, 1.165) is 11.3 Å². The van der Waals surface area contributed by atoms with Crippen molar-refractivity contribution in [1.29, 1.82) is 4.78 Å². The quantitative estimate of drug-likeness (QED) is 0.644. The van der Waals surface area contributed by atoms with E-state index in [1.165, 1.54) is 11.4 Å². The normalized spacial score (nSPS) is 15.3. The molecule has 11 heavy (non-hydrogen) atoms. The summed E-state index contributed by atoms with van der Waals surface area (Å²) in [5, 5.41) is 6.56. The van der Waals surface area contributed by atoms with Crippen molar-refractivity contribution in [2.45, 2.75) is 4.21 Å². The van der Waals surface area contributed by atoms with Gasteiger partial charge in [0.15, 0.2) is 5.69 Å². The van der Waals surface area contributed by atoms with Crippen molar-refractivity contribution in [1.82, 2.24) is 0 Å². The average Bonchev–Trinajstić information content (AvgIpc) is 2.32. The fraction of sp³-hybridized carbons (Fsp3) is 0. The molecule has 1 heterocycles. The second-order valence-electron chi connectivity index (χ2n) is 1.84. The molecule has 4 nitrogen and oxygen atoms in total. The van der Waals surface area contributed by atoms with Crippen LogP contribution in [-0.4, -0.2) is 4.21 Å². The van der Waals surface area contributed by atoms with Crippen LogP contribution in [-0.2, 0) is 9.92 Å². The van der Waals surface area contributed by atoms with Gasteiger partial charge in [0.2, 0.25) is 0 Å². The zero-order valence-electron chi connectivity index (χ0n) is 5.40. The molecule has 0 saturated carbocycles. The Morgan fingerprint density at radius 3 is 2.73 bits per heavy atom. The summed E-state index contributed by atoms with van der Waals surface area (Å²) >= 11 is 1.08. The van der Waals surface area contributed by atoms with Crippen LogP contribution >= 0.6 is 11.3 Å². The molecule has 0 radical (unpaired) electrons. The lowest BCUT2D eigenvalue weighted by molar-refractivity contribution is 0.677. The van der Waals surface area contributed by atoms with Gasteiger partial charge in [0.25, 0.3) is 0 Å². The predicted octanol–water partition coefficient (Wildman–Crippen LogP) is 1.58. The molecule has 3 N–H and O–H groups in total. The predicted molar refractivity (Wildman–Crippen MR) is 43.9 cm³/mol. The van der Waals surface area contributed by atoms with Crippen LogP contribution in [0, 0.1) is 11.4 Å². The molecule has 0 aliphatic carbocycles. The third-order valence-corrected chi connectivity index (χ3v) is 3.45. The highest BCUT2D eigenvalue weighted by molar-refractivity contribution is 7.92. The van der Waals surface area contributed by atoms with Gasteiger partial charge in [0, 0.05) is 0 Å². The summed E-state index contributed by atoms with van der Waals surface area (Å²) in [5.74, 6) is 0. The van der Waals surface area contributed by atoms with E-state index >= 15 is 0 Å². The molecule has 6 heteroatoms. The molecule has 0 fully saturated rings. The number of rotatable bonds is 1. The summed E-state index contributed by atoms with van der Waals surface area (Å²) in [4.78, 5) is 3.10. The number of hydrogen-bond donors (Lipinski definition) is 2. The van der Waals surface area contributed by atoms with Gasteiger partial charge >= 0.3 is 0 Å². The Balaban J connectivity index is 3.22. The summed E-state index contributed by atoms with van der Waals surface area (Å²) in [6.07, 6.45) is 0. The van der Waals surface area contributed by atoms with Gasteiger partial charge in [0.1, 0.15) is 14.1 Å². The van der Waals surface area contributed by atoms with Crippen molar-refractivity contribution < 1.29 is 4.21 Å². The minimum absolute atomic E-state index is 0.253. The van der Waals surface area contributed by atoms with Crippen LogP contribution < -0.4 is 5.14 Å². The minimum atomic E-state index is -3.12. The van der Waals surface area contributed by atoms with Crippen LogP contribution in [0.3, 0.4) is 0 Å². The summed E-state index contributed by atoms with van der Waals surface area (Å²) < 4.78 is 18.1. The van der Waals surface area contributed by atoms with Gasteiger partial charge in [-0.15, -0.1) is 11.3 Å². The van der Waals surface area contributed by atoms with E-state index < -0.39 is 9.92 Å². The number of hydrogen-bond acceptors (Lipinski definition) is 3. The molecule has 58 valence electrons. The molecule has 1 rings (SSSR count). The molecule has 0 saturated heterocycles. The molecule has 0 spiro atoms. The Kier molecular flexibility index (Phi) is 1.95. The molecule has 1 atom stereocenters. The highest BCUT2D eigenvalue weighted by Gasteiger charge is 2.06. The van der Waals surface area contributed by atoms with Crippen molar-refractivity contribution in [2.75, 3.05) is 0 Å². The molecular formula is C5H5N3OS2. The van der Waals surface area contributed by atoms with E-state index in [1.54, 1.807) is 0 Å². The standard InChI is InChI=1S/C5H5N3OS2/c1-8-4-2-5(10-3-4)11(6,7)9/h2-3H,(H3,6,7,9). The summed E-state index contributed by atoms with van der Waals surface area (Å²) in [5.41, 5.74) is 0.385. The molecule has 0 aromatic carbocycles. The zero-order valence-corrected chi connectivity index (χ0v) is 7.04. The maximum Gasteiger partial charge on any atom is 0.199 e. The number of thiophene rings is 1. The van der Waals surface area contributed by atoms with Crippen LogP contribution in [0.25, 0.3) is 4.85 Å². The third-order valence-electron chi connectivity index (χ3n) is 0.990. The molecule has 1 aromatic heterocycles. The lowest BCUT2D eigenvalue weighted by Gasteiger charge is -1.91. The lowest BCUT2D eigenvalue weighted by atomic mass is 10.6. The van der Waals surface area contributed by atoms with Crippen LogP contribution in [0.2, 0.25) is 0 Å². The Morgan fingerprint density at radius 2 is 2.45 bits per heavy atom. The first-order valence-electron chi connectivity index (χ1n) is 2.56. The summed E-state index contributed by atoms with van der Waals surface area (Å²) in [6.45, 7) is 6.60. The molecule has 1 unspecified atom stereocenters. The number of nitrogens with one attached hydrogen (secondary N) is 1. The van der Waals surface area contributed by atoms with E-state index in [4.69, 9.17) is 16.5 Å². The van der Waals surface area contributed by atoms with Gasteiger partial charge in [-0.2, -0.15) is 0 Å². The Morgan fingerprint density at radius 1 is 1.82 bits per heavy atom. The molecule has 0 aliphatic rings. The van der Waals surface area contributed by atoms with Crippen molar-refractivity contribution in [2.24, 2.45) is 5.14 Å². The summed E-state index contributed by atoms with van der Waals surface area (Å²) in [6, 6.07) is 1.38. The van der Waals surface area contributed by atoms with Crippen molar-refractivity contribution in [3.8, 4) is 0 Å². The number of nitrogens with two attached hydrogens (primary N) is 1.